The molecule has 1 N–H and O–H groups in total. The van der Waals surface area contributed by atoms with E-state index in [4.69, 9.17) is 5.26 Å². The van der Waals surface area contributed by atoms with Gasteiger partial charge in [0.05, 0.1) is 17.1 Å². The lowest BCUT2D eigenvalue weighted by Crippen LogP contribution is -2.41. The van der Waals surface area contributed by atoms with Crippen molar-refractivity contribution in [3.05, 3.63) is 30.1 Å². The summed E-state index contributed by atoms with van der Waals surface area (Å²) >= 11 is 0. The number of nitrogens with one attached hydrogen (secondary N) is 1. The predicted octanol–water partition coefficient (Wildman–Crippen LogP) is 4.35. The molecule has 28 heavy (non-hydrogen) atoms. The normalized spacial score (nSPS) is 25.8. The molecule has 7 heteroatoms. The second-order valence-electron chi connectivity index (χ2n) is 7.96. The van der Waals surface area contributed by atoms with Gasteiger partial charge in [-0.25, -0.2) is 18.7 Å². The largest absolute Gasteiger partial charge is 0.367 e. The lowest BCUT2D eigenvalue weighted by Gasteiger charge is -2.36. The molecule has 1 aliphatic heterocycles. The highest BCUT2D eigenvalue weighted by molar-refractivity contribution is 5.89. The van der Waals surface area contributed by atoms with E-state index in [-0.39, 0.29) is 12.8 Å². The number of hydrogen-bond donors (Lipinski definition) is 1. The zero-order valence-electron chi connectivity index (χ0n) is 15.9. The number of anilines is 1. The lowest BCUT2D eigenvalue weighted by molar-refractivity contribution is -0.0145. The molecule has 1 aromatic carbocycles. The molecule has 5 nitrogen and oxygen atoms in total. The highest BCUT2D eigenvalue weighted by Gasteiger charge is 2.34. The van der Waals surface area contributed by atoms with Crippen LogP contribution in [0.25, 0.3) is 10.9 Å². The Kier molecular flexibility index (Phi) is 5.40. The first kappa shape index (κ1) is 19.0. The third kappa shape index (κ3) is 4.22. The van der Waals surface area contributed by atoms with Crippen molar-refractivity contribution in [2.45, 2.75) is 63.0 Å². The number of nitriles is 1. The number of halogens is 2. The van der Waals surface area contributed by atoms with Gasteiger partial charge in [-0.1, -0.05) is 0 Å². The van der Waals surface area contributed by atoms with E-state index in [0.717, 1.165) is 48.9 Å². The van der Waals surface area contributed by atoms with Crippen molar-refractivity contribution in [1.29, 1.82) is 5.26 Å². The second-order valence-corrected chi connectivity index (χ2v) is 7.96. The average molecular weight is 385 g/mol. The second kappa shape index (κ2) is 7.96. The van der Waals surface area contributed by atoms with Crippen molar-refractivity contribution in [1.82, 2.24) is 14.9 Å². The van der Waals surface area contributed by atoms with E-state index in [1.807, 2.05) is 12.1 Å². The Morgan fingerprint density at radius 2 is 1.93 bits per heavy atom. The minimum absolute atomic E-state index is 0.0146. The Bertz CT molecular complexity index is 871. The van der Waals surface area contributed by atoms with Gasteiger partial charge < -0.3 is 10.2 Å². The minimum atomic E-state index is -2.50. The zero-order valence-corrected chi connectivity index (χ0v) is 15.9. The third-order valence-electron chi connectivity index (χ3n) is 6.07. The van der Waals surface area contributed by atoms with Crippen LogP contribution in [0.4, 0.5) is 14.6 Å². The molecule has 1 aromatic heterocycles. The van der Waals surface area contributed by atoms with E-state index in [1.165, 1.54) is 0 Å². The highest BCUT2D eigenvalue weighted by atomic mass is 19.3. The van der Waals surface area contributed by atoms with Gasteiger partial charge in [0.15, 0.2) is 0 Å². The first-order chi connectivity index (χ1) is 13.5. The van der Waals surface area contributed by atoms with Crippen LogP contribution in [0, 0.1) is 11.3 Å². The number of nitrogens with zero attached hydrogens (tertiary/aromatic N) is 4. The van der Waals surface area contributed by atoms with Gasteiger partial charge in [0.25, 0.3) is 0 Å². The molecule has 0 radical (unpaired) electrons. The number of aromatic nitrogens is 2. The third-order valence-corrected chi connectivity index (χ3v) is 6.07. The summed E-state index contributed by atoms with van der Waals surface area (Å²) in [6, 6.07) is 8.28. The smallest absolute Gasteiger partial charge is 0.249 e. The molecule has 0 spiro atoms. The molecule has 148 valence electrons. The predicted molar refractivity (Wildman–Crippen MR) is 104 cm³/mol. The first-order valence-electron chi connectivity index (χ1n) is 10.1. The van der Waals surface area contributed by atoms with Gasteiger partial charge in [0.1, 0.15) is 12.1 Å². The molecule has 0 atom stereocenters. The number of alkyl halides is 2. The van der Waals surface area contributed by atoms with Gasteiger partial charge in [-0.05, 0) is 56.8 Å². The van der Waals surface area contributed by atoms with Crippen molar-refractivity contribution in [3.63, 3.8) is 0 Å². The minimum Gasteiger partial charge on any atom is -0.367 e. The number of benzene rings is 1. The molecule has 1 aliphatic carbocycles. The maximum Gasteiger partial charge on any atom is 0.249 e. The Morgan fingerprint density at radius 3 is 2.71 bits per heavy atom. The summed E-state index contributed by atoms with van der Waals surface area (Å²) in [4.78, 5) is 10.9. The Hall–Kier alpha value is -2.33. The van der Waals surface area contributed by atoms with Crippen LogP contribution in [-0.2, 0) is 0 Å². The van der Waals surface area contributed by atoms with Crippen molar-refractivity contribution in [2.75, 3.05) is 18.4 Å². The summed E-state index contributed by atoms with van der Waals surface area (Å²) in [5, 5.41) is 13.5. The van der Waals surface area contributed by atoms with Crippen LogP contribution in [0.3, 0.4) is 0 Å². The maximum absolute atomic E-state index is 13.6. The van der Waals surface area contributed by atoms with E-state index in [0.29, 0.717) is 30.6 Å². The molecule has 4 rings (SSSR count). The standard InChI is InChI=1S/C21H25F2N5/c22-21(23)8-1-10-28(11-9-21)17-5-3-16(4-6-17)27-20-18-12-15(13-24)2-7-19(18)25-14-26-20/h2,7,12,14,16-17H,1,3-6,8-11H2,(H,25,26,27). The molecule has 2 aromatic rings. The van der Waals surface area contributed by atoms with Crippen molar-refractivity contribution < 1.29 is 8.78 Å². The Morgan fingerprint density at radius 1 is 1.11 bits per heavy atom. The van der Waals surface area contributed by atoms with Gasteiger partial charge in [0, 0.05) is 36.9 Å². The lowest BCUT2D eigenvalue weighted by atomic mass is 9.90. The Labute approximate surface area is 163 Å². The highest BCUT2D eigenvalue weighted by Crippen LogP contribution is 2.32. The van der Waals surface area contributed by atoms with Gasteiger partial charge in [-0.3, -0.25) is 0 Å². The summed E-state index contributed by atoms with van der Waals surface area (Å²) in [5.41, 5.74) is 1.41. The van der Waals surface area contributed by atoms with Crippen molar-refractivity contribution in [2.24, 2.45) is 0 Å². The quantitative estimate of drug-likeness (QED) is 0.851. The van der Waals surface area contributed by atoms with Crippen LogP contribution < -0.4 is 5.32 Å². The monoisotopic (exact) mass is 385 g/mol. The van der Waals surface area contributed by atoms with Gasteiger partial charge in [-0.2, -0.15) is 5.26 Å². The van der Waals surface area contributed by atoms with Crippen LogP contribution >= 0.6 is 0 Å². The van der Waals surface area contributed by atoms with Gasteiger partial charge >= 0.3 is 0 Å². The molecule has 1 saturated carbocycles. The van der Waals surface area contributed by atoms with Gasteiger partial charge in [-0.15, -0.1) is 0 Å². The van der Waals surface area contributed by atoms with Crippen LogP contribution in [0.2, 0.25) is 0 Å². The molecular weight excluding hydrogens is 360 g/mol. The number of likely N-dealkylation sites (tertiary alicyclic amines) is 1. The van der Waals surface area contributed by atoms with Crippen LogP contribution in [0.15, 0.2) is 24.5 Å². The van der Waals surface area contributed by atoms with E-state index >= 15 is 0 Å². The summed E-state index contributed by atoms with van der Waals surface area (Å²) in [6.45, 7) is 1.29. The molecule has 1 saturated heterocycles. The molecule has 2 aliphatic rings. The van der Waals surface area contributed by atoms with Gasteiger partial charge in [0.2, 0.25) is 5.92 Å². The molecule has 2 fully saturated rings. The number of rotatable bonds is 3. The maximum atomic E-state index is 13.6. The zero-order chi connectivity index (χ0) is 19.6. The molecule has 2 heterocycles. The van der Waals surface area contributed by atoms with E-state index in [1.54, 1.807) is 12.4 Å². The molecular formula is C21H25F2N5. The first-order valence-corrected chi connectivity index (χ1v) is 10.1. The summed E-state index contributed by atoms with van der Waals surface area (Å²) < 4.78 is 27.2. The summed E-state index contributed by atoms with van der Waals surface area (Å²) in [7, 11) is 0. The van der Waals surface area contributed by atoms with E-state index in [2.05, 4.69) is 26.3 Å². The van der Waals surface area contributed by atoms with Crippen LogP contribution in [0.1, 0.15) is 50.5 Å². The summed E-state index contributed by atoms with van der Waals surface area (Å²) in [6.07, 6.45) is 6.12. The topological polar surface area (TPSA) is 64.8 Å². The van der Waals surface area contributed by atoms with Crippen molar-refractivity contribution >= 4 is 16.7 Å². The Balaban J connectivity index is 1.39. The fourth-order valence-corrected chi connectivity index (χ4v) is 4.47. The number of fused-ring (bicyclic) bond motifs is 1. The molecule has 0 bridgehead atoms. The molecule has 0 amide bonds. The van der Waals surface area contributed by atoms with E-state index in [9.17, 15) is 8.78 Å². The van der Waals surface area contributed by atoms with Crippen molar-refractivity contribution in [3.8, 4) is 6.07 Å². The average Bonchev–Trinajstić information content (AvgIpc) is 2.89. The fourth-order valence-electron chi connectivity index (χ4n) is 4.47. The van der Waals surface area contributed by atoms with Crippen LogP contribution in [0.5, 0.6) is 0 Å². The molecule has 0 unspecified atom stereocenters. The fraction of sp³-hybridized carbons (Fsp3) is 0.571. The number of hydrogen-bond acceptors (Lipinski definition) is 5. The van der Waals surface area contributed by atoms with E-state index < -0.39 is 5.92 Å². The summed E-state index contributed by atoms with van der Waals surface area (Å²) in [5.74, 6) is -1.73. The van der Waals surface area contributed by atoms with Crippen LogP contribution in [-0.4, -0.2) is 46.0 Å². The SMILES string of the molecule is N#Cc1ccc2ncnc(NC3CCC(N4CCCC(F)(F)CC4)CC3)c2c1.